The van der Waals surface area contributed by atoms with E-state index >= 15 is 0 Å². The van der Waals surface area contributed by atoms with Gasteiger partial charge in [0.1, 0.15) is 6.67 Å². The van der Waals surface area contributed by atoms with Crippen molar-refractivity contribution in [3.05, 3.63) is 11.7 Å². The fourth-order valence-corrected chi connectivity index (χ4v) is 0.435. The number of allylic oxidation sites excluding steroid dienone is 1. The lowest BCUT2D eigenvalue weighted by Gasteiger charge is -2.05. The number of halogens is 3. The van der Waals surface area contributed by atoms with Gasteiger partial charge in [0.15, 0.2) is 5.83 Å². The molecule has 0 aliphatic rings. The van der Waals surface area contributed by atoms with Crippen molar-refractivity contribution in [2.45, 2.75) is 20.0 Å². The van der Waals surface area contributed by atoms with E-state index in [9.17, 15) is 18.0 Å². The minimum absolute atomic E-state index is 0.560. The molecule has 0 rings (SSSR count). The van der Waals surface area contributed by atoms with Gasteiger partial charge < -0.3 is 4.74 Å². The molecule has 0 atom stereocenters. The molecule has 0 spiro atoms. The summed E-state index contributed by atoms with van der Waals surface area (Å²) in [4.78, 5) is 10.5. The lowest BCUT2D eigenvalue weighted by Crippen LogP contribution is -2.12. The van der Waals surface area contributed by atoms with Crippen molar-refractivity contribution >= 4 is 5.97 Å². The van der Waals surface area contributed by atoms with Crippen molar-refractivity contribution in [1.29, 1.82) is 0 Å². The summed E-state index contributed by atoms with van der Waals surface area (Å²) in [6.45, 7) is 1.30. The van der Waals surface area contributed by atoms with Crippen molar-refractivity contribution in [2.24, 2.45) is 0 Å². The zero-order valence-electron chi connectivity index (χ0n) is 6.73. The van der Waals surface area contributed by atoms with E-state index in [2.05, 4.69) is 4.74 Å². The van der Waals surface area contributed by atoms with Gasteiger partial charge in [0, 0.05) is 0 Å². The molecule has 0 amide bonds. The van der Waals surface area contributed by atoms with Gasteiger partial charge in [0.05, 0.1) is 6.10 Å². The highest BCUT2D eigenvalue weighted by Crippen LogP contribution is 2.11. The summed E-state index contributed by atoms with van der Waals surface area (Å²) < 4.78 is 40.1. The largest absolute Gasteiger partial charge is 0.458 e. The standard InChI is InChI=1S/C7H9F3O2/c1-4(2)12-7(11)6(10)5(9)3-8/h4H,3H2,1-2H3. The molecular weight excluding hydrogens is 173 g/mol. The van der Waals surface area contributed by atoms with E-state index in [1.165, 1.54) is 13.8 Å². The van der Waals surface area contributed by atoms with Gasteiger partial charge in [-0.3, -0.25) is 0 Å². The van der Waals surface area contributed by atoms with Crippen LogP contribution in [0.5, 0.6) is 0 Å². The molecular formula is C7H9F3O2. The van der Waals surface area contributed by atoms with E-state index in [-0.39, 0.29) is 0 Å². The normalized spacial score (nSPS) is 12.8. The van der Waals surface area contributed by atoms with E-state index < -0.39 is 30.4 Å². The Labute approximate surface area is 68.0 Å². The van der Waals surface area contributed by atoms with Crippen LogP contribution in [0.15, 0.2) is 11.7 Å². The van der Waals surface area contributed by atoms with Crippen LogP contribution in [0.4, 0.5) is 13.2 Å². The number of hydrogen-bond donors (Lipinski definition) is 0. The van der Waals surface area contributed by atoms with Gasteiger partial charge in [-0.05, 0) is 13.8 Å². The molecule has 0 aromatic heterocycles. The van der Waals surface area contributed by atoms with E-state index in [1.807, 2.05) is 0 Å². The van der Waals surface area contributed by atoms with Crippen LogP contribution in [0.25, 0.3) is 0 Å². The lowest BCUT2D eigenvalue weighted by atomic mass is 10.4. The Bertz CT molecular complexity index is 199. The molecule has 0 unspecified atom stereocenters. The van der Waals surface area contributed by atoms with E-state index in [0.717, 1.165) is 0 Å². The average Bonchev–Trinajstić information content (AvgIpc) is 2.00. The van der Waals surface area contributed by atoms with Crippen LogP contribution in [0.2, 0.25) is 0 Å². The Balaban J connectivity index is 4.29. The van der Waals surface area contributed by atoms with Crippen LogP contribution in [0.3, 0.4) is 0 Å². The van der Waals surface area contributed by atoms with Gasteiger partial charge in [0.25, 0.3) is 0 Å². The molecule has 12 heavy (non-hydrogen) atoms. The molecule has 5 heteroatoms. The molecule has 0 radical (unpaired) electrons. The number of carbonyl (C=O) groups is 1. The molecule has 0 saturated carbocycles. The van der Waals surface area contributed by atoms with Crippen LogP contribution in [0.1, 0.15) is 13.8 Å². The molecule has 0 aliphatic carbocycles. The minimum atomic E-state index is -1.80. The predicted octanol–water partition coefficient (Wildman–Crippen LogP) is 2.06. The summed E-state index contributed by atoms with van der Waals surface area (Å²) >= 11 is 0. The molecule has 0 aromatic carbocycles. The topological polar surface area (TPSA) is 26.3 Å². The zero-order chi connectivity index (χ0) is 9.72. The number of rotatable bonds is 3. The fourth-order valence-electron chi connectivity index (χ4n) is 0.435. The molecule has 0 aliphatic heterocycles. The third-order valence-electron chi connectivity index (χ3n) is 0.877. The van der Waals surface area contributed by atoms with Crippen molar-refractivity contribution < 1.29 is 22.7 Å². The highest BCUT2D eigenvalue weighted by atomic mass is 19.2. The van der Waals surface area contributed by atoms with Crippen molar-refractivity contribution in [1.82, 2.24) is 0 Å². The maximum atomic E-state index is 12.3. The number of esters is 1. The van der Waals surface area contributed by atoms with E-state index in [0.29, 0.717) is 0 Å². The number of hydrogen-bond acceptors (Lipinski definition) is 2. The molecule has 70 valence electrons. The molecule has 0 heterocycles. The number of alkyl halides is 1. The van der Waals surface area contributed by atoms with Crippen molar-refractivity contribution in [2.75, 3.05) is 6.67 Å². The van der Waals surface area contributed by atoms with Gasteiger partial charge in [-0.15, -0.1) is 0 Å². The van der Waals surface area contributed by atoms with Crippen LogP contribution < -0.4 is 0 Å². The SMILES string of the molecule is CC(C)OC(=O)C(F)=C(F)CF. The average molecular weight is 182 g/mol. The molecule has 0 saturated heterocycles. The molecule has 0 aromatic rings. The number of carbonyl (C=O) groups excluding carboxylic acids is 1. The van der Waals surface area contributed by atoms with Crippen LogP contribution in [0, 0.1) is 0 Å². The molecule has 0 bridgehead atoms. The highest BCUT2D eigenvalue weighted by molar-refractivity contribution is 5.86. The minimum Gasteiger partial charge on any atom is -0.458 e. The first-order chi connectivity index (χ1) is 5.49. The summed E-state index contributed by atoms with van der Waals surface area (Å²) in [5, 5.41) is 0. The third-order valence-corrected chi connectivity index (χ3v) is 0.877. The van der Waals surface area contributed by atoms with Gasteiger partial charge >= 0.3 is 5.97 Å². The lowest BCUT2D eigenvalue weighted by molar-refractivity contribution is -0.144. The Morgan fingerprint density at radius 2 is 1.92 bits per heavy atom. The quantitative estimate of drug-likeness (QED) is 0.493. The second-order valence-corrected chi connectivity index (χ2v) is 2.31. The van der Waals surface area contributed by atoms with Gasteiger partial charge in [0.2, 0.25) is 5.83 Å². The van der Waals surface area contributed by atoms with Gasteiger partial charge in [-0.1, -0.05) is 0 Å². The highest BCUT2D eigenvalue weighted by Gasteiger charge is 2.17. The second kappa shape index (κ2) is 4.79. The first-order valence-electron chi connectivity index (χ1n) is 3.30. The third kappa shape index (κ3) is 3.41. The Morgan fingerprint density at radius 1 is 1.42 bits per heavy atom. The monoisotopic (exact) mass is 182 g/mol. The molecule has 0 fully saturated rings. The van der Waals surface area contributed by atoms with E-state index in [4.69, 9.17) is 0 Å². The summed E-state index contributed by atoms with van der Waals surface area (Å²) in [6.07, 6.45) is -0.560. The van der Waals surface area contributed by atoms with Crippen LogP contribution >= 0.6 is 0 Å². The summed E-state index contributed by atoms with van der Waals surface area (Å²) in [5.41, 5.74) is 0. The predicted molar refractivity (Wildman–Crippen MR) is 36.4 cm³/mol. The first kappa shape index (κ1) is 11.0. The summed E-state index contributed by atoms with van der Waals surface area (Å²) in [5.74, 6) is -5.01. The van der Waals surface area contributed by atoms with Gasteiger partial charge in [-0.25, -0.2) is 13.6 Å². The maximum absolute atomic E-state index is 12.3. The summed E-state index contributed by atoms with van der Waals surface area (Å²) in [7, 11) is 0. The molecule has 0 N–H and O–H groups in total. The number of ether oxygens (including phenoxy) is 1. The van der Waals surface area contributed by atoms with Gasteiger partial charge in [-0.2, -0.15) is 4.39 Å². The van der Waals surface area contributed by atoms with Crippen molar-refractivity contribution in [3.63, 3.8) is 0 Å². The fraction of sp³-hybridized carbons (Fsp3) is 0.571. The zero-order valence-corrected chi connectivity index (χ0v) is 6.73. The Hall–Kier alpha value is -1.00. The van der Waals surface area contributed by atoms with Crippen molar-refractivity contribution in [3.8, 4) is 0 Å². The Morgan fingerprint density at radius 3 is 2.25 bits per heavy atom. The maximum Gasteiger partial charge on any atom is 0.370 e. The van der Waals surface area contributed by atoms with E-state index in [1.54, 1.807) is 0 Å². The van der Waals surface area contributed by atoms with Crippen LogP contribution in [-0.2, 0) is 9.53 Å². The second-order valence-electron chi connectivity index (χ2n) is 2.31. The molecule has 2 nitrogen and oxygen atoms in total. The van der Waals surface area contributed by atoms with Crippen LogP contribution in [-0.4, -0.2) is 18.7 Å². The first-order valence-corrected chi connectivity index (χ1v) is 3.30. The smallest absolute Gasteiger partial charge is 0.370 e. The Kier molecular flexibility index (Phi) is 4.39. The summed E-state index contributed by atoms with van der Waals surface area (Å²) in [6, 6.07) is 0.